The number of sulfonamides is 1. The first-order valence-corrected chi connectivity index (χ1v) is 9.47. The molecule has 1 heterocycles. The van der Waals surface area contributed by atoms with E-state index in [1.54, 1.807) is 15.9 Å². The number of nitrogens with zero attached hydrogens (tertiary/aromatic N) is 3. The molecule has 1 aromatic heterocycles. The lowest BCUT2D eigenvalue weighted by Gasteiger charge is -2.20. The van der Waals surface area contributed by atoms with Gasteiger partial charge in [-0.05, 0) is 26.7 Å². The normalized spacial score (nSPS) is 12.3. The zero-order valence-corrected chi connectivity index (χ0v) is 15.0. The minimum Gasteiger partial charge on any atom is -0.268 e. The molecule has 122 valence electrons. The van der Waals surface area contributed by atoms with Gasteiger partial charge < -0.3 is 0 Å². The average Bonchev–Trinajstić information content (AvgIpc) is 2.72. The van der Waals surface area contributed by atoms with Gasteiger partial charge in [-0.25, -0.2) is 8.42 Å². The number of aryl methyl sites for hydroxylation is 2. The minimum atomic E-state index is -3.47. The highest BCUT2D eigenvalue weighted by Gasteiger charge is 2.29. The second kappa shape index (κ2) is 8.15. The van der Waals surface area contributed by atoms with Crippen LogP contribution in [-0.2, 0) is 16.6 Å². The molecule has 0 aliphatic carbocycles. The molecule has 0 aromatic carbocycles. The van der Waals surface area contributed by atoms with Gasteiger partial charge in [-0.3, -0.25) is 4.68 Å². The maximum atomic E-state index is 12.8. The van der Waals surface area contributed by atoms with Crippen LogP contribution in [0.4, 0.5) is 0 Å². The summed E-state index contributed by atoms with van der Waals surface area (Å²) >= 11 is 5.70. The number of hydrogen-bond donors (Lipinski definition) is 0. The molecule has 5 nitrogen and oxygen atoms in total. The highest BCUT2D eigenvalue weighted by molar-refractivity contribution is 7.89. The predicted molar refractivity (Wildman–Crippen MR) is 86.4 cm³/mol. The molecule has 0 aliphatic heterocycles. The van der Waals surface area contributed by atoms with E-state index in [4.69, 9.17) is 11.6 Å². The first kappa shape index (κ1) is 18.5. The molecule has 0 unspecified atom stereocenters. The Balaban J connectivity index is 3.15. The zero-order chi connectivity index (χ0) is 16.0. The molecule has 0 saturated heterocycles. The summed E-state index contributed by atoms with van der Waals surface area (Å²) in [6, 6.07) is 0. The van der Waals surface area contributed by atoms with Gasteiger partial charge in [-0.2, -0.15) is 9.40 Å². The molecular formula is C14H26ClN3O2S. The standard InChI is InChI=1S/C14H26ClN3O2S/c1-5-7-10-17(6-2)21(19,20)14-12(3)16-18(13(14)4)11-8-9-15/h5-11H2,1-4H3. The molecular weight excluding hydrogens is 310 g/mol. The Hall–Kier alpha value is -0.590. The van der Waals surface area contributed by atoms with E-state index in [1.165, 1.54) is 0 Å². The van der Waals surface area contributed by atoms with Gasteiger partial charge in [0.25, 0.3) is 0 Å². The van der Waals surface area contributed by atoms with E-state index < -0.39 is 10.0 Å². The van der Waals surface area contributed by atoms with Crippen molar-refractivity contribution in [2.75, 3.05) is 19.0 Å². The lowest BCUT2D eigenvalue weighted by atomic mass is 10.3. The molecule has 0 radical (unpaired) electrons. The minimum absolute atomic E-state index is 0.357. The Bertz CT molecular complexity index is 555. The zero-order valence-electron chi connectivity index (χ0n) is 13.4. The molecule has 1 rings (SSSR count). The molecule has 7 heteroatoms. The number of rotatable bonds is 9. The van der Waals surface area contributed by atoms with Gasteiger partial charge in [0.1, 0.15) is 4.90 Å². The average molecular weight is 336 g/mol. The van der Waals surface area contributed by atoms with Crippen LogP contribution in [0.25, 0.3) is 0 Å². The first-order chi connectivity index (χ1) is 9.89. The maximum absolute atomic E-state index is 12.8. The van der Waals surface area contributed by atoms with Crippen molar-refractivity contribution in [3.63, 3.8) is 0 Å². The van der Waals surface area contributed by atoms with Crippen molar-refractivity contribution in [2.45, 2.75) is 58.4 Å². The third-order valence-electron chi connectivity index (χ3n) is 3.53. The molecule has 0 amide bonds. The highest BCUT2D eigenvalue weighted by Crippen LogP contribution is 2.24. The topological polar surface area (TPSA) is 55.2 Å². The van der Waals surface area contributed by atoms with E-state index in [0.29, 0.717) is 41.8 Å². The smallest absolute Gasteiger partial charge is 0.246 e. The van der Waals surface area contributed by atoms with Crippen molar-refractivity contribution in [2.24, 2.45) is 0 Å². The second-order valence-electron chi connectivity index (χ2n) is 5.12. The van der Waals surface area contributed by atoms with Crippen molar-refractivity contribution in [1.29, 1.82) is 0 Å². The summed E-state index contributed by atoms with van der Waals surface area (Å²) < 4.78 is 29.0. The van der Waals surface area contributed by atoms with E-state index >= 15 is 0 Å². The fourth-order valence-electron chi connectivity index (χ4n) is 2.39. The summed E-state index contributed by atoms with van der Waals surface area (Å²) in [5, 5.41) is 4.36. The van der Waals surface area contributed by atoms with Crippen LogP contribution >= 0.6 is 11.6 Å². The van der Waals surface area contributed by atoms with Crippen LogP contribution in [0, 0.1) is 13.8 Å². The summed E-state index contributed by atoms with van der Waals surface area (Å²) in [5.74, 6) is 0.540. The molecule has 0 spiro atoms. The number of aromatic nitrogens is 2. The van der Waals surface area contributed by atoms with Crippen molar-refractivity contribution < 1.29 is 8.42 Å². The van der Waals surface area contributed by atoms with E-state index in [2.05, 4.69) is 12.0 Å². The van der Waals surface area contributed by atoms with Gasteiger partial charge in [-0.1, -0.05) is 20.3 Å². The summed E-state index contributed by atoms with van der Waals surface area (Å²) in [4.78, 5) is 0.357. The molecule has 1 aromatic rings. The Morgan fingerprint density at radius 1 is 1.24 bits per heavy atom. The molecule has 0 aliphatic rings. The predicted octanol–water partition coefficient (Wildman–Crippen LogP) is 2.94. The van der Waals surface area contributed by atoms with Crippen LogP contribution in [-0.4, -0.2) is 41.5 Å². The fourth-order valence-corrected chi connectivity index (χ4v) is 4.37. The lowest BCUT2D eigenvalue weighted by molar-refractivity contribution is 0.418. The van der Waals surface area contributed by atoms with Gasteiger partial charge in [0.05, 0.1) is 11.4 Å². The van der Waals surface area contributed by atoms with Crippen molar-refractivity contribution in [3.8, 4) is 0 Å². The Kier molecular flexibility index (Phi) is 7.16. The second-order valence-corrected chi connectivity index (χ2v) is 7.37. The van der Waals surface area contributed by atoms with Crippen molar-refractivity contribution >= 4 is 21.6 Å². The fraction of sp³-hybridized carbons (Fsp3) is 0.786. The summed E-state index contributed by atoms with van der Waals surface area (Å²) in [7, 11) is -3.47. The van der Waals surface area contributed by atoms with Crippen LogP contribution in [0.5, 0.6) is 0 Å². The maximum Gasteiger partial charge on any atom is 0.246 e. The van der Waals surface area contributed by atoms with Crippen LogP contribution < -0.4 is 0 Å². The SMILES string of the molecule is CCCCN(CC)S(=O)(=O)c1c(C)nn(CCCCl)c1C. The summed E-state index contributed by atoms with van der Waals surface area (Å²) in [5.41, 5.74) is 1.27. The molecule has 0 N–H and O–H groups in total. The van der Waals surface area contributed by atoms with Gasteiger partial charge in [-0.15, -0.1) is 11.6 Å². The van der Waals surface area contributed by atoms with Crippen LogP contribution in [0.2, 0.25) is 0 Å². The molecule has 21 heavy (non-hydrogen) atoms. The van der Waals surface area contributed by atoms with Crippen molar-refractivity contribution in [1.82, 2.24) is 14.1 Å². The van der Waals surface area contributed by atoms with Gasteiger partial charge in [0, 0.05) is 25.5 Å². The Morgan fingerprint density at radius 2 is 1.90 bits per heavy atom. The first-order valence-electron chi connectivity index (χ1n) is 7.50. The summed E-state index contributed by atoms with van der Waals surface area (Å²) in [6.07, 6.45) is 2.61. The molecule has 0 saturated carbocycles. The lowest BCUT2D eigenvalue weighted by Crippen LogP contribution is -2.32. The quantitative estimate of drug-likeness (QED) is 0.652. The van der Waals surface area contributed by atoms with E-state index in [-0.39, 0.29) is 0 Å². The third-order valence-corrected chi connectivity index (χ3v) is 6.02. The van der Waals surface area contributed by atoms with Gasteiger partial charge in [0.15, 0.2) is 0 Å². The van der Waals surface area contributed by atoms with Crippen LogP contribution in [0.1, 0.15) is 44.5 Å². The monoisotopic (exact) mass is 335 g/mol. The number of hydrogen-bond acceptors (Lipinski definition) is 3. The third kappa shape index (κ3) is 4.20. The van der Waals surface area contributed by atoms with Crippen LogP contribution in [0.15, 0.2) is 4.90 Å². The van der Waals surface area contributed by atoms with Gasteiger partial charge >= 0.3 is 0 Å². The molecule has 0 bridgehead atoms. The molecule has 0 fully saturated rings. The molecule has 0 atom stereocenters. The van der Waals surface area contributed by atoms with Crippen molar-refractivity contribution in [3.05, 3.63) is 11.4 Å². The number of alkyl halides is 1. The number of halogens is 1. The number of unbranched alkanes of at least 4 members (excludes halogenated alkanes) is 1. The van der Waals surface area contributed by atoms with E-state index in [9.17, 15) is 8.42 Å². The summed E-state index contributed by atoms with van der Waals surface area (Å²) in [6.45, 7) is 9.18. The Morgan fingerprint density at radius 3 is 2.43 bits per heavy atom. The highest BCUT2D eigenvalue weighted by atomic mass is 35.5. The Labute approximate surface area is 133 Å². The van der Waals surface area contributed by atoms with Crippen LogP contribution in [0.3, 0.4) is 0 Å². The van der Waals surface area contributed by atoms with E-state index in [1.807, 2.05) is 13.8 Å². The largest absolute Gasteiger partial charge is 0.268 e. The van der Waals surface area contributed by atoms with Gasteiger partial charge in [0.2, 0.25) is 10.0 Å². The van der Waals surface area contributed by atoms with E-state index in [0.717, 1.165) is 19.3 Å².